The highest BCUT2D eigenvalue weighted by molar-refractivity contribution is 7.79. The Kier molecular flexibility index (Phi) is 6.99. The summed E-state index contributed by atoms with van der Waals surface area (Å²) in [5.41, 5.74) is 0.940. The maximum absolute atomic E-state index is 12.9. The Hall–Kier alpha value is -2.85. The molecule has 1 aliphatic heterocycles. The molecule has 0 radical (unpaired) electrons. The molecule has 1 aliphatic rings. The molecule has 1 atom stereocenters. The molecular formula is C18H19F4N7O3S2. The van der Waals surface area contributed by atoms with Crippen LogP contribution < -0.4 is 4.90 Å². The maximum Gasteiger partial charge on any atom is 0.320 e. The fourth-order valence-electron chi connectivity index (χ4n) is 3.66. The Morgan fingerprint density at radius 2 is 1.91 bits per heavy atom. The molecule has 1 N–H and O–H groups in total. The number of rotatable bonds is 6. The number of amides is 2. The van der Waals surface area contributed by atoms with Gasteiger partial charge >= 0.3 is 6.03 Å². The van der Waals surface area contributed by atoms with Gasteiger partial charge in [0.1, 0.15) is 0 Å². The molecule has 1 fully saturated rings. The van der Waals surface area contributed by atoms with Crippen LogP contribution in [0.4, 0.5) is 28.0 Å². The quantitative estimate of drug-likeness (QED) is 0.393. The highest BCUT2D eigenvalue weighted by Gasteiger charge is 2.27. The molecule has 1 unspecified atom stereocenters. The van der Waals surface area contributed by atoms with Crippen molar-refractivity contribution in [1.82, 2.24) is 29.8 Å². The van der Waals surface area contributed by atoms with E-state index in [0.717, 1.165) is 4.90 Å². The first kappa shape index (κ1) is 24.3. The number of carbonyl (C=O) groups is 1. The number of carbonyl (C=O) groups excluding carboxylic acids is 1. The lowest BCUT2D eigenvalue weighted by atomic mass is 10.1. The minimum atomic E-state index is -2.79. The molecular weight excluding hydrogens is 502 g/mol. The molecule has 2 aromatic heterocycles. The second kappa shape index (κ2) is 9.79. The van der Waals surface area contributed by atoms with Crippen molar-refractivity contribution in [3.8, 4) is 5.13 Å². The van der Waals surface area contributed by atoms with Crippen LogP contribution in [0.2, 0.25) is 0 Å². The molecule has 2 amide bonds. The summed E-state index contributed by atoms with van der Waals surface area (Å²) in [4.78, 5) is 16.8. The van der Waals surface area contributed by atoms with Crippen LogP contribution in [-0.2, 0) is 11.1 Å². The van der Waals surface area contributed by atoms with Gasteiger partial charge in [-0.1, -0.05) is 11.3 Å². The third kappa shape index (κ3) is 4.83. The van der Waals surface area contributed by atoms with E-state index in [1.165, 1.54) is 35.0 Å². The van der Waals surface area contributed by atoms with E-state index < -0.39 is 41.5 Å². The van der Waals surface area contributed by atoms with E-state index in [2.05, 4.69) is 15.3 Å². The van der Waals surface area contributed by atoms with Gasteiger partial charge < -0.3 is 19.3 Å². The average molecular weight is 522 g/mol. The summed E-state index contributed by atoms with van der Waals surface area (Å²) in [6.45, 7) is 0.516. The van der Waals surface area contributed by atoms with Gasteiger partial charge in [0.2, 0.25) is 5.13 Å². The number of anilines is 1. The predicted octanol–water partition coefficient (Wildman–Crippen LogP) is 2.83. The van der Waals surface area contributed by atoms with Crippen molar-refractivity contribution in [3.63, 3.8) is 0 Å². The van der Waals surface area contributed by atoms with Gasteiger partial charge in [-0.2, -0.15) is 5.10 Å². The van der Waals surface area contributed by atoms with E-state index in [9.17, 15) is 31.1 Å². The monoisotopic (exact) mass is 521 g/mol. The van der Waals surface area contributed by atoms with Crippen molar-refractivity contribution in [3.05, 3.63) is 23.3 Å². The van der Waals surface area contributed by atoms with Crippen molar-refractivity contribution in [2.75, 3.05) is 44.7 Å². The van der Waals surface area contributed by atoms with E-state index >= 15 is 0 Å². The van der Waals surface area contributed by atoms with Gasteiger partial charge in [0.25, 0.3) is 12.9 Å². The first-order valence-electron chi connectivity index (χ1n) is 9.93. The second-order valence-electron chi connectivity index (χ2n) is 7.43. The minimum absolute atomic E-state index is 0.0676. The smallest absolute Gasteiger partial charge is 0.320 e. The molecule has 4 rings (SSSR count). The third-order valence-electron chi connectivity index (χ3n) is 5.27. The molecule has 0 bridgehead atoms. The number of fused-ring (bicyclic) bond motifs is 1. The summed E-state index contributed by atoms with van der Waals surface area (Å²) in [5.74, 6) is 0. The highest BCUT2D eigenvalue weighted by Crippen LogP contribution is 2.33. The third-order valence-corrected chi connectivity index (χ3v) is 6.81. The Morgan fingerprint density at radius 1 is 1.21 bits per heavy atom. The molecule has 16 heteroatoms. The Morgan fingerprint density at radius 3 is 2.50 bits per heavy atom. The topological polar surface area (TPSA) is 108 Å². The van der Waals surface area contributed by atoms with E-state index in [1.54, 1.807) is 0 Å². The Balaban J connectivity index is 1.62. The number of aromatic nitrogens is 4. The van der Waals surface area contributed by atoms with Crippen LogP contribution in [0, 0.1) is 0 Å². The molecule has 3 heterocycles. The van der Waals surface area contributed by atoms with Gasteiger partial charge in [0.05, 0.1) is 23.2 Å². The second-order valence-corrected chi connectivity index (χ2v) is 9.39. The lowest BCUT2D eigenvalue weighted by Gasteiger charge is -2.38. The molecule has 1 saturated heterocycles. The van der Waals surface area contributed by atoms with Crippen molar-refractivity contribution < 1.29 is 31.1 Å². The van der Waals surface area contributed by atoms with Gasteiger partial charge in [0.15, 0.2) is 16.1 Å². The van der Waals surface area contributed by atoms with E-state index in [4.69, 9.17) is 0 Å². The van der Waals surface area contributed by atoms with Gasteiger partial charge in [-0.25, -0.2) is 31.2 Å². The first-order chi connectivity index (χ1) is 16.2. The van der Waals surface area contributed by atoms with Gasteiger partial charge in [-0.05, 0) is 12.1 Å². The van der Waals surface area contributed by atoms with Crippen molar-refractivity contribution in [2.45, 2.75) is 17.7 Å². The number of hydrogen-bond acceptors (Lipinski definition) is 7. The lowest BCUT2D eigenvalue weighted by molar-refractivity contribution is 0.0941. The zero-order valence-electron chi connectivity index (χ0n) is 17.6. The Bertz CT molecular complexity index is 1210. The number of halogens is 4. The van der Waals surface area contributed by atoms with Gasteiger partial charge in [-0.3, -0.25) is 0 Å². The zero-order chi connectivity index (χ0) is 24.6. The number of piperazine rings is 1. The Labute approximate surface area is 197 Å². The van der Waals surface area contributed by atoms with Crippen LogP contribution in [0.3, 0.4) is 0 Å². The number of hydrogen-bond donors (Lipinski definition) is 1. The van der Waals surface area contributed by atoms with Crippen LogP contribution in [0.5, 0.6) is 0 Å². The fourth-order valence-corrected chi connectivity index (χ4v) is 4.76. The van der Waals surface area contributed by atoms with Crippen molar-refractivity contribution in [2.24, 2.45) is 0 Å². The van der Waals surface area contributed by atoms with E-state index in [1.807, 2.05) is 4.90 Å². The summed E-state index contributed by atoms with van der Waals surface area (Å²) in [5, 5.41) is 11.6. The van der Waals surface area contributed by atoms with Crippen LogP contribution in [0.1, 0.15) is 11.4 Å². The van der Waals surface area contributed by atoms with Gasteiger partial charge in [-0.15, -0.1) is 10.2 Å². The van der Waals surface area contributed by atoms with E-state index in [-0.39, 0.29) is 23.1 Å². The minimum Gasteiger partial charge on any atom is -0.367 e. The molecule has 1 aromatic carbocycles. The first-order valence-corrected chi connectivity index (χ1v) is 11.9. The van der Waals surface area contributed by atoms with Gasteiger partial charge in [0, 0.05) is 44.3 Å². The maximum atomic E-state index is 12.9. The molecule has 184 valence electrons. The standard InChI is InChI=1S/C18H19F4N7O3S2/c1-26(9-14(19)20)18(30)28-4-2-27(3-5-28)12-6-10(34(31)32)7-13-11(12)8-23-29(13)17-25-24-16(33-17)15(21)22/h6-8,14-15H,2-5,9H2,1H3,(H,31,32). The summed E-state index contributed by atoms with van der Waals surface area (Å²) in [6.07, 6.45) is -3.93. The molecule has 0 spiro atoms. The lowest BCUT2D eigenvalue weighted by Crippen LogP contribution is -2.52. The molecule has 10 nitrogen and oxygen atoms in total. The number of alkyl halides is 4. The number of benzene rings is 1. The number of nitrogens with zero attached hydrogens (tertiary/aromatic N) is 7. The molecule has 3 aromatic rings. The highest BCUT2D eigenvalue weighted by atomic mass is 32.2. The molecule has 0 aliphatic carbocycles. The molecule has 0 saturated carbocycles. The largest absolute Gasteiger partial charge is 0.367 e. The summed E-state index contributed by atoms with van der Waals surface area (Å²) in [7, 11) is 1.31. The SMILES string of the molecule is CN(CC(F)F)C(=O)N1CCN(c2cc(S(=O)O)cc3c2cnn3-c2nnc(C(F)F)s2)CC1. The summed E-state index contributed by atoms with van der Waals surface area (Å²) in [6, 6.07) is 2.44. The van der Waals surface area contributed by atoms with E-state index in [0.29, 0.717) is 41.0 Å². The van der Waals surface area contributed by atoms with Crippen molar-refractivity contribution >= 4 is 45.0 Å². The molecule has 34 heavy (non-hydrogen) atoms. The van der Waals surface area contributed by atoms with Crippen LogP contribution >= 0.6 is 11.3 Å². The average Bonchev–Trinajstić information content (AvgIpc) is 3.44. The van der Waals surface area contributed by atoms with Crippen LogP contribution in [-0.4, -0.2) is 90.8 Å². The fraction of sp³-hybridized carbons (Fsp3) is 0.444. The number of urea groups is 1. The van der Waals surface area contributed by atoms with Crippen molar-refractivity contribution in [1.29, 1.82) is 0 Å². The van der Waals surface area contributed by atoms with Crippen LogP contribution in [0.25, 0.3) is 16.0 Å². The zero-order valence-corrected chi connectivity index (χ0v) is 19.3. The predicted molar refractivity (Wildman–Crippen MR) is 116 cm³/mol. The van der Waals surface area contributed by atoms with Crippen LogP contribution in [0.15, 0.2) is 23.2 Å². The summed E-state index contributed by atoms with van der Waals surface area (Å²) < 4.78 is 73.9. The summed E-state index contributed by atoms with van der Waals surface area (Å²) >= 11 is -1.69. The normalized spacial score (nSPS) is 15.5.